The summed E-state index contributed by atoms with van der Waals surface area (Å²) in [5.74, 6) is 0.391. The number of hydrogen-bond acceptors (Lipinski definition) is 2. The third kappa shape index (κ3) is 4.14. The molecule has 0 bridgehead atoms. The van der Waals surface area contributed by atoms with Crippen molar-refractivity contribution in [1.29, 1.82) is 0 Å². The fourth-order valence-electron chi connectivity index (χ4n) is 2.33. The van der Waals surface area contributed by atoms with Gasteiger partial charge in [-0.05, 0) is 37.0 Å². The SMILES string of the molecule is CCC(CC)N(CC(C)C)C(=O)c1ccc(O)c(Cl)c1. The molecule has 0 radical (unpaired) electrons. The molecule has 0 heterocycles. The van der Waals surface area contributed by atoms with Crippen molar-refractivity contribution in [2.45, 2.75) is 46.6 Å². The molecule has 4 heteroatoms. The van der Waals surface area contributed by atoms with E-state index in [9.17, 15) is 9.90 Å². The number of aromatic hydroxyl groups is 1. The first-order valence-corrected chi connectivity index (χ1v) is 7.57. The minimum Gasteiger partial charge on any atom is -0.506 e. The molecule has 0 unspecified atom stereocenters. The number of rotatable bonds is 6. The minimum atomic E-state index is -0.0192. The van der Waals surface area contributed by atoms with Crippen LogP contribution in [0.15, 0.2) is 18.2 Å². The number of hydrogen-bond donors (Lipinski definition) is 1. The molecule has 0 aliphatic heterocycles. The van der Waals surface area contributed by atoms with Crippen molar-refractivity contribution >= 4 is 17.5 Å². The highest BCUT2D eigenvalue weighted by molar-refractivity contribution is 6.32. The second kappa shape index (κ2) is 7.53. The van der Waals surface area contributed by atoms with E-state index in [1.807, 2.05) is 4.90 Å². The summed E-state index contributed by atoms with van der Waals surface area (Å²) in [5.41, 5.74) is 0.528. The summed E-state index contributed by atoms with van der Waals surface area (Å²) in [4.78, 5) is 14.6. The van der Waals surface area contributed by atoms with E-state index in [1.165, 1.54) is 12.1 Å². The summed E-state index contributed by atoms with van der Waals surface area (Å²) in [5, 5.41) is 9.67. The van der Waals surface area contributed by atoms with Gasteiger partial charge in [-0.1, -0.05) is 39.3 Å². The van der Waals surface area contributed by atoms with Crippen LogP contribution in [-0.4, -0.2) is 28.5 Å². The van der Waals surface area contributed by atoms with Gasteiger partial charge in [-0.15, -0.1) is 0 Å². The fraction of sp³-hybridized carbons (Fsp3) is 0.562. The van der Waals surface area contributed by atoms with Gasteiger partial charge in [0.25, 0.3) is 5.91 Å². The highest BCUT2D eigenvalue weighted by Crippen LogP contribution is 2.25. The number of phenolic OH excluding ortho intramolecular Hbond substituents is 1. The van der Waals surface area contributed by atoms with Crippen molar-refractivity contribution in [3.8, 4) is 5.75 Å². The van der Waals surface area contributed by atoms with Gasteiger partial charge in [0.1, 0.15) is 5.75 Å². The van der Waals surface area contributed by atoms with Crippen molar-refractivity contribution < 1.29 is 9.90 Å². The van der Waals surface area contributed by atoms with Crippen LogP contribution in [0.2, 0.25) is 5.02 Å². The molecule has 0 atom stereocenters. The van der Waals surface area contributed by atoms with E-state index in [4.69, 9.17) is 11.6 Å². The molecule has 1 aromatic carbocycles. The van der Waals surface area contributed by atoms with Crippen LogP contribution in [0.25, 0.3) is 0 Å². The van der Waals surface area contributed by atoms with E-state index >= 15 is 0 Å². The van der Waals surface area contributed by atoms with Gasteiger partial charge in [0.2, 0.25) is 0 Å². The summed E-state index contributed by atoms with van der Waals surface area (Å²) in [7, 11) is 0. The van der Waals surface area contributed by atoms with Crippen LogP contribution in [-0.2, 0) is 0 Å². The molecule has 112 valence electrons. The number of nitrogens with zero attached hydrogens (tertiary/aromatic N) is 1. The molecule has 0 saturated heterocycles. The Balaban J connectivity index is 3.05. The smallest absolute Gasteiger partial charge is 0.254 e. The van der Waals surface area contributed by atoms with Crippen LogP contribution in [0.1, 0.15) is 50.9 Å². The van der Waals surface area contributed by atoms with E-state index in [2.05, 4.69) is 27.7 Å². The molecule has 1 N–H and O–H groups in total. The van der Waals surface area contributed by atoms with Gasteiger partial charge in [-0.2, -0.15) is 0 Å². The largest absolute Gasteiger partial charge is 0.506 e. The first kappa shape index (κ1) is 16.8. The molecule has 0 saturated carbocycles. The normalized spacial score (nSPS) is 11.2. The molecule has 1 rings (SSSR count). The van der Waals surface area contributed by atoms with Crippen LogP contribution in [0.3, 0.4) is 0 Å². The predicted octanol–water partition coefficient (Wildman–Crippen LogP) is 4.33. The van der Waals surface area contributed by atoms with E-state index in [1.54, 1.807) is 6.07 Å². The molecule has 20 heavy (non-hydrogen) atoms. The standard InChI is InChI=1S/C16H24ClNO2/c1-5-13(6-2)18(10-11(3)4)16(20)12-7-8-15(19)14(17)9-12/h7-9,11,13,19H,5-6,10H2,1-4H3. The van der Waals surface area contributed by atoms with Gasteiger partial charge in [0.15, 0.2) is 0 Å². The zero-order valence-corrected chi connectivity index (χ0v) is 13.4. The van der Waals surface area contributed by atoms with Crippen LogP contribution >= 0.6 is 11.6 Å². The van der Waals surface area contributed by atoms with Crippen molar-refractivity contribution in [1.82, 2.24) is 4.90 Å². The van der Waals surface area contributed by atoms with Gasteiger partial charge >= 0.3 is 0 Å². The third-order valence-corrected chi connectivity index (χ3v) is 3.70. The second-order valence-corrected chi connectivity index (χ2v) is 5.90. The van der Waals surface area contributed by atoms with Crippen LogP contribution in [0.4, 0.5) is 0 Å². The molecule has 0 aliphatic carbocycles. The Bertz CT molecular complexity index is 456. The Morgan fingerprint density at radius 1 is 1.30 bits per heavy atom. The van der Waals surface area contributed by atoms with Gasteiger partial charge < -0.3 is 10.0 Å². The van der Waals surface area contributed by atoms with Crippen molar-refractivity contribution in [3.05, 3.63) is 28.8 Å². The minimum absolute atomic E-state index is 0.00107. The Hall–Kier alpha value is -1.22. The quantitative estimate of drug-likeness (QED) is 0.849. The maximum absolute atomic E-state index is 12.7. The Morgan fingerprint density at radius 3 is 2.35 bits per heavy atom. The van der Waals surface area contributed by atoms with Gasteiger partial charge in [-0.25, -0.2) is 0 Å². The lowest BCUT2D eigenvalue weighted by atomic mass is 10.1. The monoisotopic (exact) mass is 297 g/mol. The number of amides is 1. The Kier molecular flexibility index (Phi) is 6.34. The lowest BCUT2D eigenvalue weighted by Crippen LogP contribution is -2.42. The molecule has 0 spiro atoms. The predicted molar refractivity (Wildman–Crippen MR) is 83.4 cm³/mol. The molecular formula is C16H24ClNO2. The lowest BCUT2D eigenvalue weighted by Gasteiger charge is -2.32. The van der Waals surface area contributed by atoms with Gasteiger partial charge in [-0.3, -0.25) is 4.79 Å². The van der Waals surface area contributed by atoms with E-state index < -0.39 is 0 Å². The summed E-state index contributed by atoms with van der Waals surface area (Å²) < 4.78 is 0. The van der Waals surface area contributed by atoms with E-state index in [0.29, 0.717) is 11.5 Å². The van der Waals surface area contributed by atoms with Crippen molar-refractivity contribution in [2.24, 2.45) is 5.92 Å². The number of carbonyl (C=O) groups excluding carboxylic acids is 1. The number of halogens is 1. The molecular weight excluding hydrogens is 274 g/mol. The highest BCUT2D eigenvalue weighted by Gasteiger charge is 2.23. The molecule has 0 aliphatic rings. The average molecular weight is 298 g/mol. The zero-order valence-electron chi connectivity index (χ0n) is 12.7. The van der Waals surface area contributed by atoms with E-state index in [0.717, 1.165) is 19.4 Å². The van der Waals surface area contributed by atoms with Gasteiger partial charge in [0, 0.05) is 18.2 Å². The first-order chi connectivity index (χ1) is 9.40. The fourth-order valence-corrected chi connectivity index (χ4v) is 2.51. The summed E-state index contributed by atoms with van der Waals surface area (Å²) in [6, 6.07) is 4.86. The van der Waals surface area contributed by atoms with Crippen LogP contribution in [0, 0.1) is 5.92 Å². The first-order valence-electron chi connectivity index (χ1n) is 7.20. The van der Waals surface area contributed by atoms with Gasteiger partial charge in [0.05, 0.1) is 5.02 Å². The maximum Gasteiger partial charge on any atom is 0.254 e. The number of benzene rings is 1. The van der Waals surface area contributed by atoms with Crippen LogP contribution in [0.5, 0.6) is 5.75 Å². The zero-order chi connectivity index (χ0) is 15.3. The number of carbonyl (C=O) groups is 1. The summed E-state index contributed by atoms with van der Waals surface area (Å²) in [6.07, 6.45) is 1.86. The summed E-state index contributed by atoms with van der Waals surface area (Å²) in [6.45, 7) is 9.12. The van der Waals surface area contributed by atoms with E-state index in [-0.39, 0.29) is 22.7 Å². The Labute approximate surface area is 126 Å². The second-order valence-electron chi connectivity index (χ2n) is 5.49. The summed E-state index contributed by atoms with van der Waals surface area (Å²) >= 11 is 5.89. The molecule has 3 nitrogen and oxygen atoms in total. The van der Waals surface area contributed by atoms with Crippen LogP contribution < -0.4 is 0 Å². The topological polar surface area (TPSA) is 40.5 Å². The molecule has 1 aromatic rings. The number of phenols is 1. The van der Waals surface area contributed by atoms with Crippen molar-refractivity contribution in [3.63, 3.8) is 0 Å². The average Bonchev–Trinajstić information content (AvgIpc) is 2.41. The third-order valence-electron chi connectivity index (χ3n) is 3.40. The molecule has 1 amide bonds. The molecule has 0 aromatic heterocycles. The van der Waals surface area contributed by atoms with Crippen molar-refractivity contribution in [2.75, 3.05) is 6.54 Å². The highest BCUT2D eigenvalue weighted by atomic mass is 35.5. The molecule has 0 fully saturated rings. The Morgan fingerprint density at radius 2 is 1.90 bits per heavy atom. The maximum atomic E-state index is 12.7. The lowest BCUT2D eigenvalue weighted by molar-refractivity contribution is 0.0640.